The molecule has 0 aliphatic heterocycles. The lowest BCUT2D eigenvalue weighted by molar-refractivity contribution is 0.144. The molecule has 0 bridgehead atoms. The van der Waals surface area contributed by atoms with E-state index in [2.05, 4.69) is 4.98 Å². The van der Waals surface area contributed by atoms with Crippen molar-refractivity contribution >= 4 is 22.6 Å². The van der Waals surface area contributed by atoms with E-state index in [1.807, 2.05) is 28.7 Å². The highest BCUT2D eigenvalue weighted by Crippen LogP contribution is 2.25. The van der Waals surface area contributed by atoms with Crippen LogP contribution in [0.2, 0.25) is 0 Å². The van der Waals surface area contributed by atoms with Crippen molar-refractivity contribution in [3.63, 3.8) is 0 Å². The van der Waals surface area contributed by atoms with Gasteiger partial charge < -0.3 is 5.73 Å². The van der Waals surface area contributed by atoms with E-state index < -0.39 is 6.43 Å². The number of nitriles is 1. The van der Waals surface area contributed by atoms with E-state index in [0.717, 1.165) is 0 Å². The van der Waals surface area contributed by atoms with E-state index >= 15 is 0 Å². The average Bonchev–Trinajstić information content (AvgIpc) is 2.17. The summed E-state index contributed by atoms with van der Waals surface area (Å²) < 4.78 is 25.7. The van der Waals surface area contributed by atoms with Gasteiger partial charge in [-0.2, -0.15) is 5.26 Å². The SMILES string of the molecule is N#CCc1cc(I)nc(C(F)F)c1CN. The van der Waals surface area contributed by atoms with Gasteiger partial charge in [-0.3, -0.25) is 0 Å². The Kier molecular flexibility index (Phi) is 4.35. The van der Waals surface area contributed by atoms with Crippen molar-refractivity contribution in [2.45, 2.75) is 19.4 Å². The second-order valence-corrected chi connectivity index (χ2v) is 3.91. The molecule has 2 N–H and O–H groups in total. The van der Waals surface area contributed by atoms with Crippen molar-refractivity contribution in [2.24, 2.45) is 5.73 Å². The van der Waals surface area contributed by atoms with Crippen LogP contribution in [-0.2, 0) is 13.0 Å². The van der Waals surface area contributed by atoms with Crippen LogP contribution in [0.1, 0.15) is 23.2 Å². The molecule has 15 heavy (non-hydrogen) atoms. The Morgan fingerprint density at radius 2 is 2.27 bits per heavy atom. The first-order valence-electron chi connectivity index (χ1n) is 4.13. The number of rotatable bonds is 3. The molecular formula is C9H8F2IN3. The Morgan fingerprint density at radius 1 is 1.60 bits per heavy atom. The highest BCUT2D eigenvalue weighted by molar-refractivity contribution is 14.1. The number of nitrogens with two attached hydrogens (primary N) is 1. The maximum absolute atomic E-state index is 12.6. The molecule has 0 aromatic carbocycles. The monoisotopic (exact) mass is 323 g/mol. The third-order valence-electron chi connectivity index (χ3n) is 1.90. The van der Waals surface area contributed by atoms with Gasteiger partial charge in [0.1, 0.15) is 9.39 Å². The molecule has 3 nitrogen and oxygen atoms in total. The van der Waals surface area contributed by atoms with Crippen molar-refractivity contribution in [1.29, 1.82) is 5.26 Å². The van der Waals surface area contributed by atoms with Gasteiger partial charge in [-0.15, -0.1) is 0 Å². The molecule has 0 unspecified atom stereocenters. The second-order valence-electron chi connectivity index (χ2n) is 2.81. The topological polar surface area (TPSA) is 62.7 Å². The van der Waals surface area contributed by atoms with Gasteiger partial charge >= 0.3 is 0 Å². The molecule has 0 fully saturated rings. The molecule has 0 spiro atoms. The van der Waals surface area contributed by atoms with E-state index in [-0.39, 0.29) is 24.2 Å². The van der Waals surface area contributed by atoms with Crippen LogP contribution in [0.15, 0.2) is 6.07 Å². The third-order valence-corrected chi connectivity index (χ3v) is 2.45. The molecule has 1 aromatic heterocycles. The lowest BCUT2D eigenvalue weighted by atomic mass is 10.0. The third kappa shape index (κ3) is 2.82. The maximum Gasteiger partial charge on any atom is 0.280 e. The minimum absolute atomic E-state index is 0.0272. The number of hydrogen-bond donors (Lipinski definition) is 1. The molecule has 0 aliphatic rings. The van der Waals surface area contributed by atoms with Crippen LogP contribution in [0.3, 0.4) is 0 Å². The van der Waals surface area contributed by atoms with Crippen LogP contribution in [0.5, 0.6) is 0 Å². The molecule has 0 radical (unpaired) electrons. The van der Waals surface area contributed by atoms with Crippen LogP contribution in [0, 0.1) is 15.0 Å². The zero-order valence-electron chi connectivity index (χ0n) is 7.67. The Balaban J connectivity index is 3.33. The second kappa shape index (κ2) is 5.32. The average molecular weight is 323 g/mol. The predicted molar refractivity (Wildman–Crippen MR) is 59.1 cm³/mol. The smallest absolute Gasteiger partial charge is 0.280 e. The molecule has 0 aliphatic carbocycles. The molecule has 80 valence electrons. The Labute approximate surface area is 99.4 Å². The van der Waals surface area contributed by atoms with Gasteiger partial charge in [-0.25, -0.2) is 13.8 Å². The number of aromatic nitrogens is 1. The summed E-state index contributed by atoms with van der Waals surface area (Å²) in [5.41, 5.74) is 5.89. The summed E-state index contributed by atoms with van der Waals surface area (Å²) in [7, 11) is 0. The molecule has 0 amide bonds. The van der Waals surface area contributed by atoms with Crippen LogP contribution in [-0.4, -0.2) is 4.98 Å². The Morgan fingerprint density at radius 3 is 2.73 bits per heavy atom. The van der Waals surface area contributed by atoms with Gasteiger partial charge in [0.2, 0.25) is 0 Å². The summed E-state index contributed by atoms with van der Waals surface area (Å²) in [5, 5.41) is 8.56. The Hall–Kier alpha value is -0.810. The van der Waals surface area contributed by atoms with Crippen molar-refractivity contribution < 1.29 is 8.78 Å². The quantitative estimate of drug-likeness (QED) is 0.685. The summed E-state index contributed by atoms with van der Waals surface area (Å²) in [5.74, 6) is 0. The molecule has 1 rings (SSSR count). The van der Waals surface area contributed by atoms with Gasteiger partial charge in [0.15, 0.2) is 0 Å². The normalized spacial score (nSPS) is 10.4. The van der Waals surface area contributed by atoms with Crippen molar-refractivity contribution in [3.05, 3.63) is 26.6 Å². The van der Waals surface area contributed by atoms with Crippen molar-refractivity contribution in [1.82, 2.24) is 4.98 Å². The minimum atomic E-state index is -2.66. The fourth-order valence-electron chi connectivity index (χ4n) is 1.27. The number of nitrogens with zero attached hydrogens (tertiary/aromatic N) is 2. The first-order chi connectivity index (χ1) is 7.10. The van der Waals surface area contributed by atoms with Crippen LogP contribution < -0.4 is 5.73 Å². The first kappa shape index (κ1) is 12.3. The first-order valence-corrected chi connectivity index (χ1v) is 5.21. The molecular weight excluding hydrogens is 315 g/mol. The Bertz CT molecular complexity index is 401. The largest absolute Gasteiger partial charge is 0.326 e. The van der Waals surface area contributed by atoms with Gasteiger partial charge in [-0.1, -0.05) is 0 Å². The summed E-state index contributed by atoms with van der Waals surface area (Å²) in [4.78, 5) is 3.73. The van der Waals surface area contributed by atoms with Crippen molar-refractivity contribution in [3.8, 4) is 6.07 Å². The van der Waals surface area contributed by atoms with E-state index in [9.17, 15) is 8.78 Å². The number of hydrogen-bond acceptors (Lipinski definition) is 3. The summed E-state index contributed by atoms with van der Waals surface area (Å²) >= 11 is 1.84. The molecule has 0 saturated heterocycles. The number of halogens is 3. The van der Waals surface area contributed by atoms with Crippen LogP contribution in [0.25, 0.3) is 0 Å². The lowest BCUT2D eigenvalue weighted by Gasteiger charge is -2.10. The van der Waals surface area contributed by atoms with E-state index in [1.54, 1.807) is 6.07 Å². The fraction of sp³-hybridized carbons (Fsp3) is 0.333. The summed E-state index contributed by atoms with van der Waals surface area (Å²) in [6.45, 7) is -0.0272. The number of pyridine rings is 1. The highest BCUT2D eigenvalue weighted by Gasteiger charge is 2.18. The van der Waals surface area contributed by atoms with Gasteiger partial charge in [0.05, 0.1) is 12.5 Å². The fourth-order valence-corrected chi connectivity index (χ4v) is 1.91. The molecule has 0 atom stereocenters. The molecule has 1 aromatic rings. The predicted octanol–water partition coefficient (Wildman–Crippen LogP) is 2.15. The van der Waals surface area contributed by atoms with Crippen LogP contribution >= 0.6 is 22.6 Å². The van der Waals surface area contributed by atoms with E-state index in [0.29, 0.717) is 9.26 Å². The van der Waals surface area contributed by atoms with Gasteiger partial charge in [0, 0.05) is 6.54 Å². The van der Waals surface area contributed by atoms with Crippen molar-refractivity contribution in [2.75, 3.05) is 0 Å². The maximum atomic E-state index is 12.6. The van der Waals surface area contributed by atoms with Gasteiger partial charge in [0.25, 0.3) is 6.43 Å². The lowest BCUT2D eigenvalue weighted by Crippen LogP contribution is -2.09. The molecule has 0 saturated carbocycles. The zero-order valence-corrected chi connectivity index (χ0v) is 9.83. The zero-order chi connectivity index (χ0) is 11.4. The minimum Gasteiger partial charge on any atom is -0.326 e. The summed E-state index contributed by atoms with van der Waals surface area (Å²) in [6.07, 6.45) is -2.58. The standard InChI is InChI=1S/C9H8F2IN3/c10-9(11)8-6(4-14)5(1-2-13)3-7(12)15-8/h3,9H,1,4,14H2. The van der Waals surface area contributed by atoms with E-state index in [4.69, 9.17) is 11.0 Å². The molecule has 6 heteroatoms. The highest BCUT2D eigenvalue weighted by atomic mass is 127. The molecule has 1 heterocycles. The van der Waals surface area contributed by atoms with Crippen LogP contribution in [0.4, 0.5) is 8.78 Å². The van der Waals surface area contributed by atoms with Gasteiger partial charge in [-0.05, 0) is 39.8 Å². The van der Waals surface area contributed by atoms with E-state index in [1.165, 1.54) is 0 Å². The number of alkyl halides is 2. The summed E-state index contributed by atoms with van der Waals surface area (Å²) in [6, 6.07) is 3.53.